The number of nitrogens with zero attached hydrogens (tertiary/aromatic N) is 1. The molecule has 0 unspecified atom stereocenters. The summed E-state index contributed by atoms with van der Waals surface area (Å²) in [7, 11) is 0. The summed E-state index contributed by atoms with van der Waals surface area (Å²) < 4.78 is 0. The lowest BCUT2D eigenvalue weighted by molar-refractivity contribution is -0.121. The fourth-order valence-electron chi connectivity index (χ4n) is 2.61. The maximum Gasteiger partial charge on any atom is 0.245 e. The molecule has 0 radical (unpaired) electrons. The number of nitrogens with two attached hydrogens (primary N) is 1. The summed E-state index contributed by atoms with van der Waals surface area (Å²) in [6.45, 7) is 0. The first-order valence-electron chi connectivity index (χ1n) is 6.64. The van der Waals surface area contributed by atoms with E-state index in [4.69, 9.17) is 5.73 Å². The molecule has 1 aromatic carbocycles. The minimum atomic E-state index is -0.715. The number of hydrogen-bond acceptors (Lipinski definition) is 3. The summed E-state index contributed by atoms with van der Waals surface area (Å²) in [6, 6.07) is 11.6. The molecule has 0 spiro atoms. The van der Waals surface area contributed by atoms with Crippen molar-refractivity contribution in [1.82, 2.24) is 4.98 Å². The first kappa shape index (κ1) is 17.7. The molecular weight excluding hydrogens is 309 g/mol. The monoisotopic (exact) mass is 327 g/mol. The highest BCUT2D eigenvalue weighted by molar-refractivity contribution is 5.98. The molecule has 1 saturated carbocycles. The maximum absolute atomic E-state index is 12.2. The fourth-order valence-corrected chi connectivity index (χ4v) is 2.61. The first-order chi connectivity index (χ1) is 9.17. The van der Waals surface area contributed by atoms with Gasteiger partial charge in [0.2, 0.25) is 5.91 Å². The fraction of sp³-hybridized carbons (Fsp3) is 0.333. The summed E-state index contributed by atoms with van der Waals surface area (Å²) in [4.78, 5) is 16.6. The number of pyridine rings is 1. The zero-order valence-corrected chi connectivity index (χ0v) is 13.2. The van der Waals surface area contributed by atoms with E-state index in [1.54, 1.807) is 0 Å². The van der Waals surface area contributed by atoms with E-state index in [9.17, 15) is 4.79 Å². The van der Waals surface area contributed by atoms with Gasteiger partial charge < -0.3 is 11.1 Å². The summed E-state index contributed by atoms with van der Waals surface area (Å²) in [5, 5.41) is 3.90. The van der Waals surface area contributed by atoms with Gasteiger partial charge in [-0.05, 0) is 31.0 Å². The van der Waals surface area contributed by atoms with Crippen molar-refractivity contribution in [1.29, 1.82) is 0 Å². The second kappa shape index (κ2) is 7.07. The van der Waals surface area contributed by atoms with Crippen LogP contribution >= 0.6 is 24.8 Å². The Morgan fingerprint density at radius 2 is 1.76 bits per heavy atom. The lowest BCUT2D eigenvalue weighted by Gasteiger charge is -2.21. The van der Waals surface area contributed by atoms with Gasteiger partial charge in [-0.25, -0.2) is 4.98 Å². The minimum Gasteiger partial charge on any atom is -0.317 e. The Morgan fingerprint density at radius 3 is 2.48 bits per heavy atom. The second-order valence-electron chi connectivity index (χ2n) is 5.21. The minimum absolute atomic E-state index is 0. The maximum atomic E-state index is 12.2. The smallest absolute Gasteiger partial charge is 0.245 e. The van der Waals surface area contributed by atoms with Crippen LogP contribution in [-0.2, 0) is 4.79 Å². The molecule has 0 aliphatic heterocycles. The average molecular weight is 328 g/mol. The number of amides is 1. The van der Waals surface area contributed by atoms with Crippen LogP contribution in [0.2, 0.25) is 0 Å². The van der Waals surface area contributed by atoms with Crippen LogP contribution in [0.3, 0.4) is 0 Å². The number of benzene rings is 1. The third kappa shape index (κ3) is 3.64. The standard InChI is InChI=1S/C15H17N3O.2ClH/c16-15(9-3-4-10-15)14(19)18-13-8-7-11-5-1-2-6-12(11)17-13;;/h1-2,5-8H,3-4,9-10,16H2,(H,17,18,19);2*1H. The van der Waals surface area contributed by atoms with Crippen molar-refractivity contribution in [3.05, 3.63) is 36.4 Å². The Balaban J connectivity index is 0.00000110. The van der Waals surface area contributed by atoms with E-state index in [0.717, 1.165) is 36.6 Å². The quantitative estimate of drug-likeness (QED) is 0.889. The Hall–Kier alpha value is -1.36. The Morgan fingerprint density at radius 1 is 1.10 bits per heavy atom. The number of anilines is 1. The van der Waals surface area contributed by atoms with Gasteiger partial charge in [-0.1, -0.05) is 31.0 Å². The number of hydrogen-bond donors (Lipinski definition) is 2. The summed E-state index contributed by atoms with van der Waals surface area (Å²) in [5.41, 5.74) is 6.28. The van der Waals surface area contributed by atoms with Crippen molar-refractivity contribution in [3.63, 3.8) is 0 Å². The third-order valence-corrected chi connectivity index (χ3v) is 3.79. The van der Waals surface area contributed by atoms with Gasteiger partial charge in [0, 0.05) is 5.39 Å². The highest BCUT2D eigenvalue weighted by atomic mass is 35.5. The number of fused-ring (bicyclic) bond motifs is 1. The van der Waals surface area contributed by atoms with Crippen LogP contribution in [0.15, 0.2) is 36.4 Å². The summed E-state index contributed by atoms with van der Waals surface area (Å²) in [5.74, 6) is 0.452. The van der Waals surface area contributed by atoms with Crippen LogP contribution in [0, 0.1) is 0 Å². The van der Waals surface area contributed by atoms with Gasteiger partial charge in [-0.2, -0.15) is 0 Å². The van der Waals surface area contributed by atoms with Gasteiger partial charge in [0.1, 0.15) is 5.82 Å². The predicted octanol–water partition coefficient (Wildman–Crippen LogP) is 3.29. The molecule has 2 aromatic rings. The summed E-state index contributed by atoms with van der Waals surface area (Å²) >= 11 is 0. The largest absolute Gasteiger partial charge is 0.317 e. The van der Waals surface area contributed by atoms with Gasteiger partial charge in [0.05, 0.1) is 11.1 Å². The molecule has 1 aliphatic rings. The number of rotatable bonds is 2. The molecule has 0 bridgehead atoms. The molecular formula is C15H19Cl2N3O. The van der Waals surface area contributed by atoms with Crippen molar-refractivity contribution in [2.45, 2.75) is 31.2 Å². The first-order valence-corrected chi connectivity index (χ1v) is 6.64. The van der Waals surface area contributed by atoms with E-state index in [-0.39, 0.29) is 30.7 Å². The molecule has 1 fully saturated rings. The number of halogens is 2. The van der Waals surface area contributed by atoms with Crippen molar-refractivity contribution < 1.29 is 4.79 Å². The molecule has 4 nitrogen and oxygen atoms in total. The highest BCUT2D eigenvalue weighted by Gasteiger charge is 2.37. The Bertz CT molecular complexity index is 627. The van der Waals surface area contributed by atoms with Crippen molar-refractivity contribution >= 4 is 47.4 Å². The van der Waals surface area contributed by atoms with E-state index in [1.165, 1.54) is 0 Å². The lowest BCUT2D eigenvalue weighted by Crippen LogP contribution is -2.48. The summed E-state index contributed by atoms with van der Waals surface area (Å²) in [6.07, 6.45) is 3.56. The lowest BCUT2D eigenvalue weighted by atomic mass is 9.98. The van der Waals surface area contributed by atoms with Crippen LogP contribution < -0.4 is 11.1 Å². The molecule has 0 saturated heterocycles. The molecule has 21 heavy (non-hydrogen) atoms. The van der Waals surface area contributed by atoms with Gasteiger partial charge in [0.25, 0.3) is 0 Å². The van der Waals surface area contributed by atoms with E-state index in [2.05, 4.69) is 10.3 Å². The van der Waals surface area contributed by atoms with Crippen LogP contribution in [-0.4, -0.2) is 16.4 Å². The predicted molar refractivity (Wildman–Crippen MR) is 90.3 cm³/mol. The van der Waals surface area contributed by atoms with Gasteiger partial charge in [0.15, 0.2) is 0 Å². The highest BCUT2D eigenvalue weighted by Crippen LogP contribution is 2.28. The topological polar surface area (TPSA) is 68.0 Å². The molecule has 3 N–H and O–H groups in total. The van der Waals surface area contributed by atoms with Gasteiger partial charge in [-0.3, -0.25) is 4.79 Å². The molecule has 1 aliphatic carbocycles. The third-order valence-electron chi connectivity index (χ3n) is 3.79. The van der Waals surface area contributed by atoms with Crippen LogP contribution in [0.25, 0.3) is 10.9 Å². The SMILES string of the molecule is Cl.Cl.NC1(C(=O)Nc2ccc3ccccc3n2)CCCC1. The zero-order chi connectivity index (χ0) is 13.3. The molecule has 1 heterocycles. The van der Waals surface area contributed by atoms with E-state index in [1.807, 2.05) is 36.4 Å². The molecule has 3 rings (SSSR count). The second-order valence-corrected chi connectivity index (χ2v) is 5.21. The molecule has 1 amide bonds. The zero-order valence-electron chi connectivity index (χ0n) is 11.5. The van der Waals surface area contributed by atoms with Gasteiger partial charge in [-0.15, -0.1) is 24.8 Å². The number of carbonyl (C=O) groups is 1. The number of carbonyl (C=O) groups excluding carboxylic acids is 1. The van der Waals surface area contributed by atoms with Crippen LogP contribution in [0.5, 0.6) is 0 Å². The van der Waals surface area contributed by atoms with E-state index in [0.29, 0.717) is 5.82 Å². The Kier molecular flexibility index (Phi) is 5.96. The van der Waals surface area contributed by atoms with Crippen molar-refractivity contribution in [3.8, 4) is 0 Å². The van der Waals surface area contributed by atoms with E-state index < -0.39 is 5.54 Å². The number of nitrogens with one attached hydrogen (secondary N) is 1. The number of para-hydroxylation sites is 1. The average Bonchev–Trinajstić information content (AvgIpc) is 2.87. The molecule has 0 atom stereocenters. The normalized spacial score (nSPS) is 15.9. The van der Waals surface area contributed by atoms with Crippen LogP contribution in [0.1, 0.15) is 25.7 Å². The molecule has 6 heteroatoms. The van der Waals surface area contributed by atoms with Crippen molar-refractivity contribution in [2.75, 3.05) is 5.32 Å². The van der Waals surface area contributed by atoms with Gasteiger partial charge >= 0.3 is 0 Å². The molecule has 1 aromatic heterocycles. The molecule has 114 valence electrons. The Labute approximate surface area is 136 Å². The van der Waals surface area contributed by atoms with Crippen molar-refractivity contribution in [2.24, 2.45) is 5.73 Å². The number of aromatic nitrogens is 1. The van der Waals surface area contributed by atoms with Crippen LogP contribution in [0.4, 0.5) is 5.82 Å². The van der Waals surface area contributed by atoms with E-state index >= 15 is 0 Å².